The van der Waals surface area contributed by atoms with Crippen molar-refractivity contribution in [2.75, 3.05) is 11.9 Å². The zero-order chi connectivity index (χ0) is 14.8. The molecule has 3 rings (SSSR count). The number of benzene rings is 2. The second-order valence-electron chi connectivity index (χ2n) is 4.85. The monoisotopic (exact) mass is 336 g/mol. The van der Waals surface area contributed by atoms with Crippen LogP contribution in [0.4, 0.5) is 5.13 Å². The number of hydrogen-bond acceptors (Lipinski definition) is 3. The Morgan fingerprint density at radius 2 is 2.05 bits per heavy atom. The Kier molecular flexibility index (Phi) is 4.34. The van der Waals surface area contributed by atoms with E-state index in [4.69, 9.17) is 23.2 Å². The fourth-order valence-electron chi connectivity index (χ4n) is 2.19. The van der Waals surface area contributed by atoms with Gasteiger partial charge in [-0.2, -0.15) is 0 Å². The molecule has 0 aliphatic carbocycles. The van der Waals surface area contributed by atoms with Gasteiger partial charge in [-0.1, -0.05) is 52.7 Å². The van der Waals surface area contributed by atoms with Crippen molar-refractivity contribution < 1.29 is 0 Å². The molecule has 0 fully saturated rings. The van der Waals surface area contributed by atoms with Crippen LogP contribution in [0.2, 0.25) is 10.0 Å². The number of nitrogens with zero attached hydrogens (tertiary/aromatic N) is 1. The summed E-state index contributed by atoms with van der Waals surface area (Å²) >= 11 is 13.7. The smallest absolute Gasteiger partial charge is 0.183 e. The van der Waals surface area contributed by atoms with Gasteiger partial charge in [-0.05, 0) is 42.7 Å². The number of fused-ring (bicyclic) bond motifs is 1. The number of aromatic nitrogens is 1. The minimum absolute atomic E-state index is 0.665. The lowest BCUT2D eigenvalue weighted by atomic mass is 10.1. The molecule has 0 amide bonds. The predicted molar refractivity (Wildman–Crippen MR) is 93.0 cm³/mol. The summed E-state index contributed by atoms with van der Waals surface area (Å²) in [6.07, 6.45) is 0.838. The number of nitrogens with one attached hydrogen (secondary N) is 1. The zero-order valence-corrected chi connectivity index (χ0v) is 13.8. The lowest BCUT2D eigenvalue weighted by molar-refractivity contribution is 1.02. The average molecular weight is 337 g/mol. The van der Waals surface area contributed by atoms with Crippen LogP contribution in [-0.4, -0.2) is 11.5 Å². The van der Waals surface area contributed by atoms with Crippen molar-refractivity contribution >= 4 is 49.9 Å². The molecule has 0 aliphatic heterocycles. The highest BCUT2D eigenvalue weighted by molar-refractivity contribution is 7.22. The van der Waals surface area contributed by atoms with Crippen molar-refractivity contribution in [2.24, 2.45) is 0 Å². The van der Waals surface area contributed by atoms with Gasteiger partial charge in [-0.15, -0.1) is 0 Å². The summed E-state index contributed by atoms with van der Waals surface area (Å²) < 4.78 is 1.21. The number of hydrogen-bond donors (Lipinski definition) is 1. The van der Waals surface area contributed by atoms with E-state index in [2.05, 4.69) is 35.4 Å². The fraction of sp³-hybridized carbons (Fsp3) is 0.188. The molecule has 0 spiro atoms. The summed E-state index contributed by atoms with van der Waals surface area (Å²) in [6.45, 7) is 2.87. The van der Waals surface area contributed by atoms with Crippen LogP contribution in [0.15, 0.2) is 36.4 Å². The van der Waals surface area contributed by atoms with Gasteiger partial charge in [0.25, 0.3) is 0 Å². The van der Waals surface area contributed by atoms with Gasteiger partial charge in [0.15, 0.2) is 5.13 Å². The molecule has 1 N–H and O–H groups in total. The SMILES string of the molecule is Cc1cccc2sc(NCCc3ccc(Cl)cc3Cl)nc12. The second-order valence-corrected chi connectivity index (χ2v) is 6.73. The normalized spacial score (nSPS) is 11.0. The number of rotatable bonds is 4. The number of para-hydroxylation sites is 1. The molecule has 0 saturated carbocycles. The molecule has 2 nitrogen and oxygen atoms in total. The Balaban J connectivity index is 1.68. The van der Waals surface area contributed by atoms with E-state index in [0.717, 1.165) is 29.2 Å². The van der Waals surface area contributed by atoms with E-state index in [1.54, 1.807) is 17.4 Å². The van der Waals surface area contributed by atoms with Crippen LogP contribution < -0.4 is 5.32 Å². The maximum Gasteiger partial charge on any atom is 0.183 e. The summed E-state index contributed by atoms with van der Waals surface area (Å²) in [6, 6.07) is 11.9. The first-order valence-corrected chi connectivity index (χ1v) is 8.25. The molecule has 1 heterocycles. The maximum atomic E-state index is 6.17. The summed E-state index contributed by atoms with van der Waals surface area (Å²) in [4.78, 5) is 4.63. The van der Waals surface area contributed by atoms with E-state index < -0.39 is 0 Å². The highest BCUT2D eigenvalue weighted by Crippen LogP contribution is 2.28. The van der Waals surface area contributed by atoms with Gasteiger partial charge in [0, 0.05) is 16.6 Å². The first-order valence-electron chi connectivity index (χ1n) is 6.67. The molecule has 0 aliphatic rings. The minimum atomic E-state index is 0.665. The van der Waals surface area contributed by atoms with E-state index in [9.17, 15) is 0 Å². The average Bonchev–Trinajstić information content (AvgIpc) is 2.86. The van der Waals surface area contributed by atoms with Gasteiger partial charge in [-0.3, -0.25) is 0 Å². The molecule has 2 aromatic carbocycles. The first kappa shape index (κ1) is 14.6. The minimum Gasteiger partial charge on any atom is -0.361 e. The van der Waals surface area contributed by atoms with Crippen molar-refractivity contribution in [1.82, 2.24) is 4.98 Å². The van der Waals surface area contributed by atoms with E-state index in [1.807, 2.05) is 12.1 Å². The van der Waals surface area contributed by atoms with Gasteiger partial charge in [-0.25, -0.2) is 4.98 Å². The summed E-state index contributed by atoms with van der Waals surface area (Å²) in [5.74, 6) is 0. The molecule has 108 valence electrons. The standard InChI is InChI=1S/C16H14Cl2N2S/c1-10-3-2-4-14-15(10)20-16(21-14)19-8-7-11-5-6-12(17)9-13(11)18/h2-6,9H,7-8H2,1H3,(H,19,20). The van der Waals surface area contributed by atoms with E-state index >= 15 is 0 Å². The van der Waals surface area contributed by atoms with Gasteiger partial charge in [0.2, 0.25) is 0 Å². The zero-order valence-electron chi connectivity index (χ0n) is 11.5. The summed E-state index contributed by atoms with van der Waals surface area (Å²) in [7, 11) is 0. The third-order valence-electron chi connectivity index (χ3n) is 3.31. The van der Waals surface area contributed by atoms with Crippen LogP contribution >= 0.6 is 34.5 Å². The van der Waals surface area contributed by atoms with Crippen LogP contribution in [0.3, 0.4) is 0 Å². The third-order valence-corrected chi connectivity index (χ3v) is 4.87. The van der Waals surface area contributed by atoms with Crippen LogP contribution in [0.25, 0.3) is 10.2 Å². The van der Waals surface area contributed by atoms with Crippen molar-refractivity contribution in [3.8, 4) is 0 Å². The van der Waals surface area contributed by atoms with Crippen molar-refractivity contribution in [2.45, 2.75) is 13.3 Å². The number of aryl methyl sites for hydroxylation is 1. The summed E-state index contributed by atoms with van der Waals surface area (Å²) in [5.41, 5.74) is 3.37. The number of halogens is 2. The second kappa shape index (κ2) is 6.22. The molecule has 0 atom stereocenters. The van der Waals surface area contributed by atoms with Gasteiger partial charge in [0.1, 0.15) is 0 Å². The molecule has 0 radical (unpaired) electrons. The Morgan fingerprint density at radius 3 is 2.81 bits per heavy atom. The quantitative estimate of drug-likeness (QED) is 0.673. The summed E-state index contributed by atoms with van der Waals surface area (Å²) in [5, 5.41) is 5.69. The molecule has 0 saturated heterocycles. The molecule has 21 heavy (non-hydrogen) atoms. The van der Waals surface area contributed by atoms with Gasteiger partial charge < -0.3 is 5.32 Å². The molecule has 3 aromatic rings. The van der Waals surface area contributed by atoms with Crippen molar-refractivity contribution in [3.05, 3.63) is 57.6 Å². The van der Waals surface area contributed by atoms with Crippen LogP contribution in [0.5, 0.6) is 0 Å². The topological polar surface area (TPSA) is 24.9 Å². The number of thiazole rings is 1. The third kappa shape index (κ3) is 3.31. The Labute approximate surface area is 137 Å². The molecular weight excluding hydrogens is 323 g/mol. The number of anilines is 1. The molecule has 0 unspecified atom stereocenters. The molecule has 0 bridgehead atoms. The van der Waals surface area contributed by atoms with Crippen LogP contribution in [0.1, 0.15) is 11.1 Å². The Bertz CT molecular complexity index is 783. The van der Waals surface area contributed by atoms with Gasteiger partial charge >= 0.3 is 0 Å². The molecule has 1 aromatic heterocycles. The molecular formula is C16H14Cl2N2S. The fourth-order valence-corrected chi connectivity index (χ4v) is 3.66. The molecule has 5 heteroatoms. The van der Waals surface area contributed by atoms with Crippen LogP contribution in [-0.2, 0) is 6.42 Å². The van der Waals surface area contributed by atoms with Crippen molar-refractivity contribution in [1.29, 1.82) is 0 Å². The van der Waals surface area contributed by atoms with Crippen LogP contribution in [0, 0.1) is 6.92 Å². The predicted octanol–water partition coefficient (Wildman–Crippen LogP) is 5.57. The lowest BCUT2D eigenvalue weighted by Crippen LogP contribution is -2.04. The van der Waals surface area contributed by atoms with Crippen molar-refractivity contribution in [3.63, 3.8) is 0 Å². The maximum absolute atomic E-state index is 6.17. The first-order chi connectivity index (χ1) is 10.1. The van der Waals surface area contributed by atoms with E-state index in [-0.39, 0.29) is 0 Å². The van der Waals surface area contributed by atoms with E-state index in [0.29, 0.717) is 10.0 Å². The van der Waals surface area contributed by atoms with Gasteiger partial charge in [0.05, 0.1) is 10.2 Å². The highest BCUT2D eigenvalue weighted by Gasteiger charge is 2.06. The Hall–Kier alpha value is -1.29. The van der Waals surface area contributed by atoms with E-state index in [1.165, 1.54) is 10.3 Å². The Morgan fingerprint density at radius 1 is 1.19 bits per heavy atom. The largest absolute Gasteiger partial charge is 0.361 e. The lowest BCUT2D eigenvalue weighted by Gasteiger charge is -2.05. The highest BCUT2D eigenvalue weighted by atomic mass is 35.5.